The van der Waals surface area contributed by atoms with E-state index in [0.717, 1.165) is 11.3 Å². The summed E-state index contributed by atoms with van der Waals surface area (Å²) in [6, 6.07) is 16.2. The second-order valence-electron chi connectivity index (χ2n) is 7.39. The van der Waals surface area contributed by atoms with E-state index in [1.165, 1.54) is 12.1 Å². The van der Waals surface area contributed by atoms with Gasteiger partial charge in [0.2, 0.25) is 11.8 Å². The molecule has 0 spiro atoms. The highest BCUT2D eigenvalue weighted by molar-refractivity contribution is 5.78. The first-order chi connectivity index (χ1) is 14.0. The minimum atomic E-state index is -0.248. The maximum absolute atomic E-state index is 13.1. The molecule has 3 rings (SSSR count). The van der Waals surface area contributed by atoms with Gasteiger partial charge in [-0.15, -0.1) is 0 Å². The predicted molar refractivity (Wildman–Crippen MR) is 112 cm³/mol. The first-order valence-electron chi connectivity index (χ1n) is 10.1. The van der Waals surface area contributed by atoms with Crippen molar-refractivity contribution < 1.29 is 14.0 Å². The molecule has 2 aromatic carbocycles. The fraction of sp³-hybridized carbons (Fsp3) is 0.391. The van der Waals surface area contributed by atoms with E-state index >= 15 is 0 Å². The monoisotopic (exact) mass is 397 g/mol. The largest absolute Gasteiger partial charge is 0.368 e. The van der Waals surface area contributed by atoms with Crippen molar-refractivity contribution in [3.63, 3.8) is 0 Å². The molecule has 0 aromatic heterocycles. The van der Waals surface area contributed by atoms with E-state index in [1.54, 1.807) is 24.0 Å². The molecule has 6 heteroatoms. The van der Waals surface area contributed by atoms with Gasteiger partial charge in [-0.3, -0.25) is 9.59 Å². The Morgan fingerprint density at radius 3 is 2.21 bits per heavy atom. The lowest BCUT2D eigenvalue weighted by atomic mass is 10.1. The number of carbonyl (C=O) groups excluding carboxylic acids is 2. The van der Waals surface area contributed by atoms with Crippen molar-refractivity contribution in [2.24, 2.45) is 0 Å². The summed E-state index contributed by atoms with van der Waals surface area (Å²) in [5.74, 6) is -0.215. The molecule has 0 radical (unpaired) electrons. The second kappa shape index (κ2) is 9.54. The lowest BCUT2D eigenvalue weighted by Crippen LogP contribution is -2.49. The Bertz CT molecular complexity index is 818. The van der Waals surface area contributed by atoms with Crippen molar-refractivity contribution in [2.75, 3.05) is 37.6 Å². The zero-order chi connectivity index (χ0) is 20.8. The van der Waals surface area contributed by atoms with Crippen molar-refractivity contribution in [1.29, 1.82) is 0 Å². The molecule has 1 aliphatic heterocycles. The van der Waals surface area contributed by atoms with Crippen molar-refractivity contribution in [3.05, 3.63) is 66.0 Å². The third kappa shape index (κ3) is 5.34. The zero-order valence-electron chi connectivity index (χ0n) is 17.1. The van der Waals surface area contributed by atoms with Crippen LogP contribution >= 0.6 is 0 Å². The lowest BCUT2D eigenvalue weighted by Gasteiger charge is -2.36. The highest BCUT2D eigenvalue weighted by Gasteiger charge is 2.24. The molecule has 0 bridgehead atoms. The fourth-order valence-electron chi connectivity index (χ4n) is 3.78. The van der Waals surface area contributed by atoms with Crippen LogP contribution in [0.3, 0.4) is 0 Å². The van der Waals surface area contributed by atoms with Crippen molar-refractivity contribution in [3.8, 4) is 0 Å². The zero-order valence-corrected chi connectivity index (χ0v) is 17.1. The molecule has 154 valence electrons. The summed E-state index contributed by atoms with van der Waals surface area (Å²) in [5.41, 5.74) is 2.03. The molecule has 0 aliphatic carbocycles. The average molecular weight is 397 g/mol. The minimum Gasteiger partial charge on any atom is -0.368 e. The van der Waals surface area contributed by atoms with Gasteiger partial charge >= 0.3 is 0 Å². The summed E-state index contributed by atoms with van der Waals surface area (Å²) >= 11 is 0. The van der Waals surface area contributed by atoms with Gasteiger partial charge in [-0.1, -0.05) is 30.3 Å². The highest BCUT2D eigenvalue weighted by Crippen LogP contribution is 2.21. The molecule has 1 saturated heterocycles. The van der Waals surface area contributed by atoms with E-state index in [1.807, 2.05) is 42.2 Å². The molecule has 0 saturated carbocycles. The summed E-state index contributed by atoms with van der Waals surface area (Å²) in [4.78, 5) is 30.6. The van der Waals surface area contributed by atoms with Gasteiger partial charge in [0.1, 0.15) is 5.82 Å². The maximum Gasteiger partial charge on any atom is 0.224 e. The molecule has 1 unspecified atom stereocenters. The molecule has 0 N–H and O–H groups in total. The first-order valence-corrected chi connectivity index (χ1v) is 10.1. The Morgan fingerprint density at radius 1 is 1.00 bits per heavy atom. The Morgan fingerprint density at radius 2 is 1.62 bits per heavy atom. The smallest absolute Gasteiger partial charge is 0.224 e. The summed E-state index contributed by atoms with van der Waals surface area (Å²) in [6.45, 7) is 6.63. The molecule has 2 amide bonds. The van der Waals surface area contributed by atoms with Crippen molar-refractivity contribution in [1.82, 2.24) is 9.80 Å². The van der Waals surface area contributed by atoms with Crippen LogP contribution < -0.4 is 4.90 Å². The summed E-state index contributed by atoms with van der Waals surface area (Å²) in [7, 11) is 0. The Labute approximate surface area is 171 Å². The first kappa shape index (κ1) is 20.8. The SMILES string of the molecule is CC(=O)N(CCC(=O)N1CCN(c2ccc(F)cc2)CC1)C(C)c1ccccc1. The molecule has 1 aliphatic rings. The number of halogens is 1. The summed E-state index contributed by atoms with van der Waals surface area (Å²) in [6.07, 6.45) is 0.313. The lowest BCUT2D eigenvalue weighted by molar-refractivity contribution is -0.134. The van der Waals surface area contributed by atoms with Gasteiger partial charge in [0, 0.05) is 51.8 Å². The van der Waals surface area contributed by atoms with Crippen LogP contribution in [0.2, 0.25) is 0 Å². The number of nitrogens with zero attached hydrogens (tertiary/aromatic N) is 3. The minimum absolute atomic E-state index is 0.0321. The van der Waals surface area contributed by atoms with Crippen LogP contribution in [0.15, 0.2) is 54.6 Å². The maximum atomic E-state index is 13.1. The number of benzene rings is 2. The van der Waals surface area contributed by atoms with Gasteiger partial charge in [-0.05, 0) is 36.8 Å². The van der Waals surface area contributed by atoms with Crippen LogP contribution in [0.5, 0.6) is 0 Å². The quantitative estimate of drug-likeness (QED) is 0.750. The normalized spacial score (nSPS) is 15.1. The topological polar surface area (TPSA) is 43.9 Å². The van der Waals surface area contributed by atoms with Crippen LogP contribution in [-0.2, 0) is 9.59 Å². The van der Waals surface area contributed by atoms with E-state index in [-0.39, 0.29) is 23.7 Å². The number of carbonyl (C=O) groups is 2. The third-order valence-electron chi connectivity index (χ3n) is 5.54. The standard InChI is InChI=1S/C23H28FN3O2/c1-18(20-6-4-3-5-7-20)27(19(2)28)13-12-23(29)26-16-14-25(15-17-26)22-10-8-21(24)9-11-22/h3-11,18H,12-17H2,1-2H3. The second-order valence-corrected chi connectivity index (χ2v) is 7.39. The Kier molecular flexibility index (Phi) is 6.86. The van der Waals surface area contributed by atoms with Gasteiger partial charge in [-0.25, -0.2) is 4.39 Å². The van der Waals surface area contributed by atoms with Crippen LogP contribution in [0.1, 0.15) is 31.9 Å². The van der Waals surface area contributed by atoms with Crippen LogP contribution in [0.25, 0.3) is 0 Å². The number of rotatable bonds is 6. The number of piperazine rings is 1. The van der Waals surface area contributed by atoms with E-state index < -0.39 is 0 Å². The number of anilines is 1. The third-order valence-corrected chi connectivity index (χ3v) is 5.54. The molecule has 1 fully saturated rings. The van der Waals surface area contributed by atoms with E-state index in [2.05, 4.69) is 4.90 Å². The molecule has 29 heavy (non-hydrogen) atoms. The average Bonchev–Trinajstić information content (AvgIpc) is 2.74. The van der Waals surface area contributed by atoms with Crippen molar-refractivity contribution >= 4 is 17.5 Å². The van der Waals surface area contributed by atoms with Gasteiger partial charge in [0.25, 0.3) is 0 Å². The number of hydrogen-bond donors (Lipinski definition) is 0. The fourth-order valence-corrected chi connectivity index (χ4v) is 3.78. The van der Waals surface area contributed by atoms with Crippen LogP contribution in [-0.4, -0.2) is 54.3 Å². The Balaban J connectivity index is 1.52. The summed E-state index contributed by atoms with van der Waals surface area (Å²) in [5, 5.41) is 0. The number of amides is 2. The molecule has 2 aromatic rings. The Hall–Kier alpha value is -2.89. The molecular weight excluding hydrogens is 369 g/mol. The molecule has 5 nitrogen and oxygen atoms in total. The van der Waals surface area contributed by atoms with Gasteiger partial charge in [-0.2, -0.15) is 0 Å². The van der Waals surface area contributed by atoms with Gasteiger partial charge in [0.15, 0.2) is 0 Å². The van der Waals surface area contributed by atoms with Crippen molar-refractivity contribution in [2.45, 2.75) is 26.3 Å². The summed E-state index contributed by atoms with van der Waals surface area (Å²) < 4.78 is 13.1. The van der Waals surface area contributed by atoms with E-state index in [9.17, 15) is 14.0 Å². The molecular formula is C23H28FN3O2. The van der Waals surface area contributed by atoms with Gasteiger partial charge in [0.05, 0.1) is 6.04 Å². The number of hydrogen-bond acceptors (Lipinski definition) is 3. The van der Waals surface area contributed by atoms with E-state index in [0.29, 0.717) is 39.1 Å². The molecule has 1 atom stereocenters. The van der Waals surface area contributed by atoms with Gasteiger partial charge < -0.3 is 14.7 Å². The van der Waals surface area contributed by atoms with Crippen LogP contribution in [0, 0.1) is 5.82 Å². The highest BCUT2D eigenvalue weighted by atomic mass is 19.1. The van der Waals surface area contributed by atoms with E-state index in [4.69, 9.17) is 0 Å². The predicted octanol–water partition coefficient (Wildman–Crippen LogP) is 3.47. The van der Waals surface area contributed by atoms with Crippen LogP contribution in [0.4, 0.5) is 10.1 Å². The molecule has 1 heterocycles.